The molecule has 1 rings (SSSR count). The van der Waals surface area contributed by atoms with Gasteiger partial charge in [-0.05, 0) is 12.8 Å². The molecule has 0 unspecified atom stereocenters. The smallest absolute Gasteiger partial charge is 0.253 e. The molecule has 0 aromatic rings. The molecule has 0 saturated heterocycles. The number of unbranched alkanes of at least 4 members (excludes halogenated alkanes) is 1. The summed E-state index contributed by atoms with van der Waals surface area (Å²) in [5.74, 6) is -0.549. The number of carbonyl (C=O) groups excluding carboxylic acids is 3. The molecule has 0 saturated carbocycles. The lowest BCUT2D eigenvalue weighted by atomic mass is 10.2. The summed E-state index contributed by atoms with van der Waals surface area (Å²) < 4.78 is 0. The van der Waals surface area contributed by atoms with Crippen molar-refractivity contribution >= 4 is 17.7 Å². The number of imide groups is 1. The Morgan fingerprint density at radius 1 is 1.27 bits per heavy atom. The van der Waals surface area contributed by atoms with E-state index in [4.69, 9.17) is 0 Å². The third kappa shape index (κ3) is 3.19. The van der Waals surface area contributed by atoms with Gasteiger partial charge in [0.25, 0.3) is 11.8 Å². The highest BCUT2D eigenvalue weighted by Gasteiger charge is 2.22. The van der Waals surface area contributed by atoms with Crippen LogP contribution in [0.4, 0.5) is 0 Å². The Balaban J connectivity index is 2.18. The Labute approximate surface area is 88.1 Å². The second kappa shape index (κ2) is 5.29. The second-order valence-electron chi connectivity index (χ2n) is 3.29. The van der Waals surface area contributed by atoms with Crippen LogP contribution < -0.4 is 5.32 Å². The van der Waals surface area contributed by atoms with Gasteiger partial charge in [-0.3, -0.25) is 19.3 Å². The molecular formula is C10H14N2O3. The van der Waals surface area contributed by atoms with Gasteiger partial charge in [0.05, 0.1) is 0 Å². The first-order chi connectivity index (χ1) is 7.15. The van der Waals surface area contributed by atoms with Crippen molar-refractivity contribution in [1.29, 1.82) is 0 Å². The number of carbonyl (C=O) groups is 3. The third-order valence-electron chi connectivity index (χ3n) is 2.21. The standard InChI is InChI=1S/C10H14N2O3/c1-11-8(13)4-2-3-7-12-9(14)5-6-10(12)15/h5-6H,2-4,7H2,1H3,(H,11,13). The molecule has 0 atom stereocenters. The topological polar surface area (TPSA) is 66.5 Å². The molecule has 0 bridgehead atoms. The molecule has 0 aromatic carbocycles. The van der Waals surface area contributed by atoms with E-state index in [9.17, 15) is 14.4 Å². The summed E-state index contributed by atoms with van der Waals surface area (Å²) in [5, 5.41) is 2.51. The van der Waals surface area contributed by atoms with Crippen LogP contribution in [0.3, 0.4) is 0 Å². The van der Waals surface area contributed by atoms with Gasteiger partial charge in [0, 0.05) is 32.2 Å². The summed E-state index contributed by atoms with van der Waals surface area (Å²) in [7, 11) is 1.58. The van der Waals surface area contributed by atoms with E-state index < -0.39 is 0 Å². The fourth-order valence-corrected chi connectivity index (χ4v) is 1.33. The lowest BCUT2D eigenvalue weighted by molar-refractivity contribution is -0.136. The predicted molar refractivity (Wildman–Crippen MR) is 53.8 cm³/mol. The quantitative estimate of drug-likeness (QED) is 0.506. The number of hydrogen-bond donors (Lipinski definition) is 1. The minimum Gasteiger partial charge on any atom is -0.359 e. The fraction of sp³-hybridized carbons (Fsp3) is 0.500. The Hall–Kier alpha value is -1.65. The van der Waals surface area contributed by atoms with Crippen molar-refractivity contribution in [2.24, 2.45) is 0 Å². The van der Waals surface area contributed by atoms with Crippen molar-refractivity contribution in [2.45, 2.75) is 19.3 Å². The molecule has 82 valence electrons. The molecule has 5 nitrogen and oxygen atoms in total. The van der Waals surface area contributed by atoms with E-state index in [1.807, 2.05) is 0 Å². The van der Waals surface area contributed by atoms with Crippen LogP contribution >= 0.6 is 0 Å². The van der Waals surface area contributed by atoms with Crippen molar-refractivity contribution in [2.75, 3.05) is 13.6 Å². The van der Waals surface area contributed by atoms with Crippen LogP contribution in [0.2, 0.25) is 0 Å². The lowest BCUT2D eigenvalue weighted by Crippen LogP contribution is -2.31. The highest BCUT2D eigenvalue weighted by atomic mass is 16.2. The molecule has 5 heteroatoms. The summed E-state index contributed by atoms with van der Waals surface area (Å²) in [6, 6.07) is 0. The van der Waals surface area contributed by atoms with Gasteiger partial charge >= 0.3 is 0 Å². The number of nitrogens with zero attached hydrogens (tertiary/aromatic N) is 1. The predicted octanol–water partition coefficient (Wildman–Crippen LogP) is -0.172. The normalized spacial score (nSPS) is 14.9. The van der Waals surface area contributed by atoms with Gasteiger partial charge in [-0.2, -0.15) is 0 Å². The highest BCUT2D eigenvalue weighted by molar-refractivity contribution is 6.12. The van der Waals surface area contributed by atoms with E-state index in [1.165, 1.54) is 17.1 Å². The Morgan fingerprint density at radius 3 is 2.40 bits per heavy atom. The second-order valence-corrected chi connectivity index (χ2v) is 3.29. The van der Waals surface area contributed by atoms with Crippen LogP contribution in [0.5, 0.6) is 0 Å². The summed E-state index contributed by atoms with van der Waals surface area (Å²) in [5.41, 5.74) is 0. The van der Waals surface area contributed by atoms with Crippen LogP contribution in [0, 0.1) is 0 Å². The third-order valence-corrected chi connectivity index (χ3v) is 2.21. The molecular weight excluding hydrogens is 196 g/mol. The van der Waals surface area contributed by atoms with E-state index >= 15 is 0 Å². The van der Waals surface area contributed by atoms with E-state index in [1.54, 1.807) is 7.05 Å². The summed E-state index contributed by atoms with van der Waals surface area (Å²) >= 11 is 0. The molecule has 0 radical (unpaired) electrons. The molecule has 1 N–H and O–H groups in total. The highest BCUT2D eigenvalue weighted by Crippen LogP contribution is 2.06. The number of nitrogens with one attached hydrogen (secondary N) is 1. The molecule has 0 aromatic heterocycles. The fourth-order valence-electron chi connectivity index (χ4n) is 1.33. The van der Waals surface area contributed by atoms with Crippen LogP contribution in [0.1, 0.15) is 19.3 Å². The van der Waals surface area contributed by atoms with Crippen LogP contribution in [-0.2, 0) is 14.4 Å². The van der Waals surface area contributed by atoms with E-state index in [0.29, 0.717) is 25.8 Å². The zero-order valence-electron chi connectivity index (χ0n) is 8.66. The molecule has 3 amide bonds. The zero-order valence-corrected chi connectivity index (χ0v) is 8.66. The van der Waals surface area contributed by atoms with Crippen molar-refractivity contribution < 1.29 is 14.4 Å². The maximum absolute atomic E-state index is 11.1. The molecule has 1 aliphatic rings. The minimum atomic E-state index is -0.264. The Kier molecular flexibility index (Phi) is 4.03. The molecule has 1 aliphatic heterocycles. The molecule has 0 fully saturated rings. The number of amides is 3. The van der Waals surface area contributed by atoms with Gasteiger partial charge in [0.1, 0.15) is 0 Å². The zero-order chi connectivity index (χ0) is 11.3. The molecule has 0 spiro atoms. The molecule has 1 heterocycles. The summed E-state index contributed by atoms with van der Waals surface area (Å²) in [6.07, 6.45) is 4.30. The van der Waals surface area contributed by atoms with Gasteiger partial charge in [-0.25, -0.2) is 0 Å². The van der Waals surface area contributed by atoms with Gasteiger partial charge < -0.3 is 5.32 Å². The van der Waals surface area contributed by atoms with E-state index in [2.05, 4.69) is 5.32 Å². The molecule has 15 heavy (non-hydrogen) atoms. The Bertz CT molecular complexity index is 292. The van der Waals surface area contributed by atoms with Crippen molar-refractivity contribution in [3.63, 3.8) is 0 Å². The minimum absolute atomic E-state index is 0.0211. The average molecular weight is 210 g/mol. The van der Waals surface area contributed by atoms with Gasteiger partial charge in [0.15, 0.2) is 0 Å². The maximum Gasteiger partial charge on any atom is 0.253 e. The van der Waals surface area contributed by atoms with Crippen LogP contribution in [-0.4, -0.2) is 36.2 Å². The Morgan fingerprint density at radius 2 is 1.87 bits per heavy atom. The average Bonchev–Trinajstić information content (AvgIpc) is 2.54. The van der Waals surface area contributed by atoms with Gasteiger partial charge in [0.2, 0.25) is 5.91 Å². The van der Waals surface area contributed by atoms with Crippen LogP contribution in [0.25, 0.3) is 0 Å². The van der Waals surface area contributed by atoms with Crippen molar-refractivity contribution in [1.82, 2.24) is 10.2 Å². The number of hydrogen-bond acceptors (Lipinski definition) is 3. The van der Waals surface area contributed by atoms with Crippen molar-refractivity contribution in [3.05, 3.63) is 12.2 Å². The lowest BCUT2D eigenvalue weighted by Gasteiger charge is -2.12. The van der Waals surface area contributed by atoms with Gasteiger partial charge in [-0.15, -0.1) is 0 Å². The van der Waals surface area contributed by atoms with E-state index in [0.717, 1.165) is 0 Å². The molecule has 0 aliphatic carbocycles. The SMILES string of the molecule is CNC(=O)CCCCN1C(=O)C=CC1=O. The van der Waals surface area contributed by atoms with Gasteiger partial charge in [-0.1, -0.05) is 0 Å². The summed E-state index contributed by atoms with van der Waals surface area (Å²) in [4.78, 5) is 34.3. The van der Waals surface area contributed by atoms with E-state index in [-0.39, 0.29) is 17.7 Å². The van der Waals surface area contributed by atoms with Crippen molar-refractivity contribution in [3.8, 4) is 0 Å². The van der Waals surface area contributed by atoms with Crippen LogP contribution in [0.15, 0.2) is 12.2 Å². The first-order valence-electron chi connectivity index (χ1n) is 4.89. The maximum atomic E-state index is 11.1. The monoisotopic (exact) mass is 210 g/mol. The first-order valence-corrected chi connectivity index (χ1v) is 4.89. The first kappa shape index (κ1) is 11.4. The largest absolute Gasteiger partial charge is 0.359 e. The summed E-state index contributed by atoms with van der Waals surface area (Å²) in [6.45, 7) is 0.391. The number of rotatable bonds is 5.